The molecular weight excluding hydrogens is 270 g/mol. The lowest BCUT2D eigenvalue weighted by molar-refractivity contribution is -0.139. The van der Waals surface area contributed by atoms with Gasteiger partial charge in [-0.05, 0) is 11.4 Å². The molecule has 20 heavy (non-hydrogen) atoms. The van der Waals surface area contributed by atoms with E-state index in [1.165, 1.54) is 4.88 Å². The first-order valence-corrected chi connectivity index (χ1v) is 7.96. The van der Waals surface area contributed by atoms with Crippen LogP contribution in [-0.2, 0) is 11.2 Å². The number of nitrogens with two attached hydrogens (primary N) is 1. The molecule has 1 saturated carbocycles. The Morgan fingerprint density at radius 3 is 2.85 bits per heavy atom. The van der Waals surface area contributed by atoms with E-state index in [1.54, 1.807) is 18.4 Å². The largest absolute Gasteiger partial charge is 0.380 e. The minimum atomic E-state index is 0.0854. The number of thiophene rings is 1. The third-order valence-corrected chi connectivity index (χ3v) is 5.25. The molecule has 0 amide bonds. The summed E-state index contributed by atoms with van der Waals surface area (Å²) in [5, 5.41) is 5.44. The molecule has 3 unspecified atom stereocenters. The summed E-state index contributed by atoms with van der Waals surface area (Å²) >= 11 is 1.76. The molecule has 3 N–H and O–H groups in total. The van der Waals surface area contributed by atoms with Crippen LogP contribution in [0.15, 0.2) is 22.5 Å². The summed E-state index contributed by atoms with van der Waals surface area (Å²) in [6.07, 6.45) is 1.23. The zero-order chi connectivity index (χ0) is 14.8. The summed E-state index contributed by atoms with van der Waals surface area (Å²) in [5.41, 5.74) is 6.08. The molecule has 1 aromatic heterocycles. The smallest absolute Gasteiger partial charge is 0.188 e. The van der Waals surface area contributed by atoms with Gasteiger partial charge in [0.25, 0.3) is 0 Å². The van der Waals surface area contributed by atoms with Gasteiger partial charge < -0.3 is 15.8 Å². The summed E-state index contributed by atoms with van der Waals surface area (Å²) in [6, 6.07) is 4.51. The Morgan fingerprint density at radius 1 is 1.55 bits per heavy atom. The van der Waals surface area contributed by atoms with Crippen molar-refractivity contribution >= 4 is 17.3 Å². The van der Waals surface area contributed by atoms with Crippen LogP contribution in [0.4, 0.5) is 0 Å². The van der Waals surface area contributed by atoms with Gasteiger partial charge in [-0.15, -0.1) is 11.3 Å². The Kier molecular flexibility index (Phi) is 4.70. The van der Waals surface area contributed by atoms with Gasteiger partial charge in [0.1, 0.15) is 0 Å². The summed E-state index contributed by atoms with van der Waals surface area (Å²) < 4.78 is 5.54. The maximum atomic E-state index is 6.00. The van der Waals surface area contributed by atoms with Gasteiger partial charge in [0.2, 0.25) is 0 Å². The molecular formula is C15H25N3OS. The second kappa shape index (κ2) is 6.14. The molecule has 5 heteroatoms. The van der Waals surface area contributed by atoms with Gasteiger partial charge in [0.05, 0.1) is 6.10 Å². The number of aliphatic imine (C=N–C) groups is 1. The van der Waals surface area contributed by atoms with Gasteiger partial charge in [-0.2, -0.15) is 0 Å². The lowest BCUT2D eigenvalue weighted by Crippen LogP contribution is -2.68. The fourth-order valence-electron chi connectivity index (χ4n) is 3.37. The van der Waals surface area contributed by atoms with Gasteiger partial charge in [0.15, 0.2) is 5.96 Å². The quantitative estimate of drug-likeness (QED) is 0.647. The van der Waals surface area contributed by atoms with E-state index >= 15 is 0 Å². The van der Waals surface area contributed by atoms with Crippen LogP contribution in [0.25, 0.3) is 0 Å². The van der Waals surface area contributed by atoms with Gasteiger partial charge in [-0.1, -0.05) is 26.8 Å². The highest BCUT2D eigenvalue weighted by molar-refractivity contribution is 7.09. The first-order valence-electron chi connectivity index (χ1n) is 7.08. The van der Waals surface area contributed by atoms with Crippen molar-refractivity contribution in [2.24, 2.45) is 22.1 Å². The van der Waals surface area contributed by atoms with Crippen LogP contribution in [0.1, 0.15) is 25.6 Å². The summed E-state index contributed by atoms with van der Waals surface area (Å²) in [4.78, 5) is 5.77. The third-order valence-electron chi connectivity index (χ3n) is 4.32. The molecule has 1 aliphatic rings. The predicted octanol–water partition coefficient (Wildman–Crippen LogP) is 2.25. The average molecular weight is 295 g/mol. The number of hydrogen-bond acceptors (Lipinski definition) is 3. The number of ether oxygens (including phenoxy) is 1. The van der Waals surface area contributed by atoms with Gasteiger partial charge in [-0.3, -0.25) is 4.99 Å². The number of nitrogens with one attached hydrogen (secondary N) is 1. The van der Waals surface area contributed by atoms with Crippen molar-refractivity contribution < 1.29 is 4.74 Å². The van der Waals surface area contributed by atoms with Crippen LogP contribution in [-0.4, -0.2) is 31.8 Å². The molecule has 112 valence electrons. The van der Waals surface area contributed by atoms with E-state index in [9.17, 15) is 0 Å². The van der Waals surface area contributed by atoms with E-state index in [-0.39, 0.29) is 11.5 Å². The molecule has 0 radical (unpaired) electrons. The van der Waals surface area contributed by atoms with E-state index in [2.05, 4.69) is 48.6 Å². The third kappa shape index (κ3) is 2.99. The van der Waals surface area contributed by atoms with Crippen molar-refractivity contribution in [1.82, 2.24) is 5.32 Å². The number of hydrogen-bond donors (Lipinski definition) is 2. The fourth-order valence-corrected chi connectivity index (χ4v) is 4.07. The van der Waals surface area contributed by atoms with E-state index < -0.39 is 0 Å². The number of methoxy groups -OCH3 is 1. The van der Waals surface area contributed by atoms with Crippen molar-refractivity contribution in [1.29, 1.82) is 0 Å². The zero-order valence-electron chi connectivity index (χ0n) is 12.7. The SMILES string of the molecule is COC1C(C)C(NC(N)=NCCc2cccs2)C1(C)C. The lowest BCUT2D eigenvalue weighted by Gasteiger charge is -2.56. The predicted molar refractivity (Wildman–Crippen MR) is 85.2 cm³/mol. The van der Waals surface area contributed by atoms with E-state index in [4.69, 9.17) is 10.5 Å². The van der Waals surface area contributed by atoms with Crippen molar-refractivity contribution in [3.05, 3.63) is 22.4 Å². The minimum Gasteiger partial charge on any atom is -0.380 e. The van der Waals surface area contributed by atoms with Crippen LogP contribution in [0, 0.1) is 11.3 Å². The summed E-state index contributed by atoms with van der Waals surface area (Å²) in [5.74, 6) is 0.988. The summed E-state index contributed by atoms with van der Waals surface area (Å²) in [7, 11) is 1.78. The average Bonchev–Trinajstić information content (AvgIpc) is 2.89. The molecule has 0 aliphatic heterocycles. The number of nitrogens with zero attached hydrogens (tertiary/aromatic N) is 1. The molecule has 1 aromatic rings. The van der Waals surface area contributed by atoms with Crippen molar-refractivity contribution in [2.45, 2.75) is 39.3 Å². The molecule has 4 nitrogen and oxygen atoms in total. The molecule has 3 atom stereocenters. The minimum absolute atomic E-state index is 0.0854. The summed E-state index contributed by atoms with van der Waals surface area (Å²) in [6.45, 7) is 7.33. The first kappa shape index (κ1) is 15.3. The standard InChI is InChI=1S/C15H25N3OS/c1-10-12(15(2,3)13(10)19-4)18-14(16)17-8-7-11-6-5-9-20-11/h5-6,9-10,12-13H,7-8H2,1-4H3,(H3,16,17,18). The van der Waals surface area contributed by atoms with E-state index in [0.29, 0.717) is 17.9 Å². The Balaban J connectivity index is 1.83. The highest BCUT2D eigenvalue weighted by Gasteiger charge is 2.54. The van der Waals surface area contributed by atoms with Crippen molar-refractivity contribution in [3.63, 3.8) is 0 Å². The van der Waals surface area contributed by atoms with Gasteiger partial charge >= 0.3 is 0 Å². The lowest BCUT2D eigenvalue weighted by atomic mass is 9.58. The normalized spacial score (nSPS) is 29.0. The molecule has 0 bridgehead atoms. The molecule has 0 aromatic carbocycles. The maximum absolute atomic E-state index is 6.00. The van der Waals surface area contributed by atoms with Gasteiger partial charge in [0, 0.05) is 42.3 Å². The Hall–Kier alpha value is -1.07. The van der Waals surface area contributed by atoms with Crippen LogP contribution < -0.4 is 11.1 Å². The maximum Gasteiger partial charge on any atom is 0.188 e. The molecule has 1 fully saturated rings. The van der Waals surface area contributed by atoms with Crippen molar-refractivity contribution in [2.75, 3.05) is 13.7 Å². The second-order valence-electron chi connectivity index (χ2n) is 6.06. The van der Waals surface area contributed by atoms with Crippen LogP contribution in [0.5, 0.6) is 0 Å². The highest BCUT2D eigenvalue weighted by atomic mass is 32.1. The van der Waals surface area contributed by atoms with Crippen molar-refractivity contribution in [3.8, 4) is 0 Å². The van der Waals surface area contributed by atoms with Gasteiger partial charge in [-0.25, -0.2) is 0 Å². The second-order valence-corrected chi connectivity index (χ2v) is 7.09. The number of guanidine groups is 1. The molecule has 1 heterocycles. The Morgan fingerprint density at radius 2 is 2.30 bits per heavy atom. The molecule has 1 aliphatic carbocycles. The highest BCUT2D eigenvalue weighted by Crippen LogP contribution is 2.46. The monoisotopic (exact) mass is 295 g/mol. The zero-order valence-corrected chi connectivity index (χ0v) is 13.5. The topological polar surface area (TPSA) is 59.6 Å². The van der Waals surface area contributed by atoms with E-state index in [1.807, 2.05) is 0 Å². The fraction of sp³-hybridized carbons (Fsp3) is 0.667. The molecule has 0 spiro atoms. The number of rotatable bonds is 5. The Labute approximate surface area is 125 Å². The van der Waals surface area contributed by atoms with E-state index in [0.717, 1.165) is 13.0 Å². The van der Waals surface area contributed by atoms with Crippen LogP contribution in [0.3, 0.4) is 0 Å². The Bertz CT molecular complexity index is 456. The first-order chi connectivity index (χ1) is 9.46. The molecule has 0 saturated heterocycles. The molecule has 2 rings (SSSR count). The van der Waals surface area contributed by atoms with Crippen LogP contribution in [0.2, 0.25) is 0 Å². The van der Waals surface area contributed by atoms with Crippen LogP contribution >= 0.6 is 11.3 Å².